The van der Waals surface area contributed by atoms with Crippen molar-refractivity contribution in [3.8, 4) is 0 Å². The average Bonchev–Trinajstić information content (AvgIpc) is 2.26. The van der Waals surface area contributed by atoms with Gasteiger partial charge in [-0.15, -0.1) is 0 Å². The van der Waals surface area contributed by atoms with Gasteiger partial charge in [-0.1, -0.05) is 39.0 Å². The van der Waals surface area contributed by atoms with Gasteiger partial charge in [0.15, 0.2) is 0 Å². The van der Waals surface area contributed by atoms with Crippen LogP contribution in [0, 0.1) is 5.41 Å². The zero-order chi connectivity index (χ0) is 13.9. The molecule has 0 saturated carbocycles. The second-order valence-electron chi connectivity index (χ2n) is 5.66. The summed E-state index contributed by atoms with van der Waals surface area (Å²) in [5, 5.41) is 3.13. The zero-order valence-corrected chi connectivity index (χ0v) is 11.5. The van der Waals surface area contributed by atoms with Gasteiger partial charge in [0.05, 0.1) is 0 Å². The Balaban J connectivity index is 2.22. The molecule has 3 N–H and O–H groups in total. The van der Waals surface area contributed by atoms with Crippen molar-refractivity contribution in [2.24, 2.45) is 5.41 Å². The Morgan fingerprint density at radius 3 is 2.37 bits per heavy atom. The summed E-state index contributed by atoms with van der Waals surface area (Å²) >= 11 is 0. The van der Waals surface area contributed by atoms with Crippen LogP contribution in [0.3, 0.4) is 0 Å². The van der Waals surface area contributed by atoms with Crippen LogP contribution in [0.1, 0.15) is 26.6 Å². The standard InChI is InChI=1S/C14H19N5/c1-14(2,3)9-11-17-12(15)19-13(18-11)16-10-7-5-4-6-8-10/h4-8H,9H2,1-3H3,(H3,15,16,17,18,19). The molecule has 2 aromatic rings. The molecule has 0 unspecified atom stereocenters. The third kappa shape index (κ3) is 4.21. The van der Waals surface area contributed by atoms with Crippen molar-refractivity contribution in [2.75, 3.05) is 11.1 Å². The molecule has 1 aromatic heterocycles. The van der Waals surface area contributed by atoms with E-state index in [-0.39, 0.29) is 11.4 Å². The van der Waals surface area contributed by atoms with Gasteiger partial charge in [0.25, 0.3) is 0 Å². The van der Waals surface area contributed by atoms with Crippen molar-refractivity contribution in [2.45, 2.75) is 27.2 Å². The highest BCUT2D eigenvalue weighted by molar-refractivity contribution is 5.53. The lowest BCUT2D eigenvalue weighted by atomic mass is 9.92. The van der Waals surface area contributed by atoms with Crippen LogP contribution in [0.25, 0.3) is 0 Å². The van der Waals surface area contributed by atoms with Crippen LogP contribution in [0.5, 0.6) is 0 Å². The van der Waals surface area contributed by atoms with Crippen molar-refractivity contribution in [1.82, 2.24) is 15.0 Å². The quantitative estimate of drug-likeness (QED) is 0.884. The predicted octanol–water partition coefficient (Wildman–Crippen LogP) is 2.79. The van der Waals surface area contributed by atoms with Crippen LogP contribution in [-0.4, -0.2) is 15.0 Å². The normalized spacial score (nSPS) is 11.3. The molecule has 0 amide bonds. The molecule has 5 nitrogen and oxygen atoms in total. The molecule has 0 fully saturated rings. The lowest BCUT2D eigenvalue weighted by molar-refractivity contribution is 0.400. The lowest BCUT2D eigenvalue weighted by Crippen LogP contribution is -2.14. The first kappa shape index (κ1) is 13.3. The number of hydrogen-bond acceptors (Lipinski definition) is 5. The first-order chi connectivity index (χ1) is 8.92. The van der Waals surface area contributed by atoms with Gasteiger partial charge in [0.2, 0.25) is 11.9 Å². The minimum atomic E-state index is 0.109. The van der Waals surface area contributed by atoms with Crippen LogP contribution in [0.4, 0.5) is 17.6 Å². The van der Waals surface area contributed by atoms with E-state index >= 15 is 0 Å². The molecule has 0 saturated heterocycles. The minimum absolute atomic E-state index is 0.109. The summed E-state index contributed by atoms with van der Waals surface area (Å²) in [6, 6.07) is 9.75. The molecular formula is C14H19N5. The summed E-state index contributed by atoms with van der Waals surface area (Å²) in [6.07, 6.45) is 0.753. The van der Waals surface area contributed by atoms with E-state index in [1.807, 2.05) is 30.3 Å². The third-order valence-electron chi connectivity index (χ3n) is 2.42. The lowest BCUT2D eigenvalue weighted by Gasteiger charge is -2.17. The fraction of sp³-hybridized carbons (Fsp3) is 0.357. The number of anilines is 3. The molecule has 0 bridgehead atoms. The van der Waals surface area contributed by atoms with Crippen molar-refractivity contribution >= 4 is 17.6 Å². The first-order valence-electron chi connectivity index (χ1n) is 6.25. The van der Waals surface area contributed by atoms with Crippen LogP contribution in [-0.2, 0) is 6.42 Å². The largest absolute Gasteiger partial charge is 0.368 e. The minimum Gasteiger partial charge on any atom is -0.368 e. The second kappa shape index (κ2) is 5.22. The number of hydrogen-bond donors (Lipinski definition) is 2. The molecule has 2 rings (SSSR count). The first-order valence-corrected chi connectivity index (χ1v) is 6.25. The van der Waals surface area contributed by atoms with E-state index in [1.54, 1.807) is 0 Å². The Hall–Kier alpha value is -2.17. The van der Waals surface area contributed by atoms with E-state index < -0.39 is 0 Å². The molecular weight excluding hydrogens is 238 g/mol. The molecule has 0 spiro atoms. The summed E-state index contributed by atoms with van der Waals surface area (Å²) in [7, 11) is 0. The summed E-state index contributed by atoms with van der Waals surface area (Å²) in [5.41, 5.74) is 6.76. The Bertz CT molecular complexity index is 546. The van der Waals surface area contributed by atoms with Crippen LogP contribution >= 0.6 is 0 Å². The Morgan fingerprint density at radius 2 is 1.74 bits per heavy atom. The third-order valence-corrected chi connectivity index (χ3v) is 2.42. The summed E-state index contributed by atoms with van der Waals surface area (Å²) in [6.45, 7) is 6.41. The van der Waals surface area contributed by atoms with Crippen LogP contribution in [0.2, 0.25) is 0 Å². The molecule has 0 atom stereocenters. The van der Waals surface area contributed by atoms with Crippen molar-refractivity contribution < 1.29 is 0 Å². The zero-order valence-electron chi connectivity index (χ0n) is 11.5. The molecule has 0 aliphatic heterocycles. The highest BCUT2D eigenvalue weighted by atomic mass is 15.2. The molecule has 0 aliphatic rings. The Kier molecular flexibility index (Phi) is 3.64. The van der Waals surface area contributed by atoms with E-state index in [2.05, 4.69) is 41.0 Å². The fourth-order valence-electron chi connectivity index (χ4n) is 1.70. The summed E-state index contributed by atoms with van der Waals surface area (Å²) < 4.78 is 0. The second-order valence-corrected chi connectivity index (χ2v) is 5.66. The van der Waals surface area contributed by atoms with Gasteiger partial charge in [0, 0.05) is 12.1 Å². The van der Waals surface area contributed by atoms with Crippen LogP contribution in [0.15, 0.2) is 30.3 Å². The molecule has 0 radical (unpaired) electrons. The van der Waals surface area contributed by atoms with Gasteiger partial charge < -0.3 is 11.1 Å². The maximum absolute atomic E-state index is 5.73. The Morgan fingerprint density at radius 1 is 1.05 bits per heavy atom. The maximum Gasteiger partial charge on any atom is 0.232 e. The van der Waals surface area contributed by atoms with E-state index in [1.165, 1.54) is 0 Å². The van der Waals surface area contributed by atoms with Crippen LogP contribution < -0.4 is 11.1 Å². The fourth-order valence-corrected chi connectivity index (χ4v) is 1.70. The van der Waals surface area contributed by atoms with Crippen molar-refractivity contribution in [1.29, 1.82) is 0 Å². The van der Waals surface area contributed by atoms with Gasteiger partial charge in [-0.05, 0) is 17.5 Å². The number of para-hydroxylation sites is 1. The molecule has 1 heterocycles. The number of aromatic nitrogens is 3. The molecule has 1 aromatic carbocycles. The number of benzene rings is 1. The number of rotatable bonds is 3. The number of nitrogens with zero attached hydrogens (tertiary/aromatic N) is 3. The van der Waals surface area contributed by atoms with Gasteiger partial charge in [-0.25, -0.2) is 0 Å². The monoisotopic (exact) mass is 257 g/mol. The van der Waals surface area contributed by atoms with Gasteiger partial charge in [-0.2, -0.15) is 15.0 Å². The number of nitrogens with one attached hydrogen (secondary N) is 1. The van der Waals surface area contributed by atoms with E-state index in [9.17, 15) is 0 Å². The molecule has 5 heteroatoms. The Labute approximate surface area is 113 Å². The predicted molar refractivity (Wildman–Crippen MR) is 77.1 cm³/mol. The molecule has 19 heavy (non-hydrogen) atoms. The van der Waals surface area contributed by atoms with E-state index in [0.29, 0.717) is 11.8 Å². The van der Waals surface area contributed by atoms with Gasteiger partial charge in [0.1, 0.15) is 5.82 Å². The SMILES string of the molecule is CC(C)(C)Cc1nc(N)nc(Nc2ccccc2)n1. The summed E-state index contributed by atoms with van der Waals surface area (Å²) in [4.78, 5) is 12.7. The highest BCUT2D eigenvalue weighted by Gasteiger charge is 2.15. The van der Waals surface area contributed by atoms with Gasteiger partial charge in [-0.3, -0.25) is 0 Å². The van der Waals surface area contributed by atoms with Crippen molar-refractivity contribution in [3.63, 3.8) is 0 Å². The number of nitrogens with two attached hydrogens (primary N) is 1. The van der Waals surface area contributed by atoms with Gasteiger partial charge >= 0.3 is 0 Å². The highest BCUT2D eigenvalue weighted by Crippen LogP contribution is 2.20. The van der Waals surface area contributed by atoms with E-state index in [4.69, 9.17) is 5.73 Å². The van der Waals surface area contributed by atoms with E-state index in [0.717, 1.165) is 12.1 Å². The topological polar surface area (TPSA) is 76.7 Å². The smallest absolute Gasteiger partial charge is 0.232 e. The summed E-state index contributed by atoms with van der Waals surface area (Å²) in [5.74, 6) is 1.43. The molecule has 0 aliphatic carbocycles. The number of nitrogen functional groups attached to an aromatic ring is 1. The maximum atomic E-state index is 5.73. The average molecular weight is 257 g/mol. The molecule has 100 valence electrons. The van der Waals surface area contributed by atoms with Crippen molar-refractivity contribution in [3.05, 3.63) is 36.2 Å².